The highest BCUT2D eigenvalue weighted by atomic mass is 16.5. The predicted molar refractivity (Wildman–Crippen MR) is 48.7 cm³/mol. The molecule has 72 valence electrons. The van der Waals surface area contributed by atoms with Gasteiger partial charge in [-0.15, -0.1) is 0 Å². The first-order chi connectivity index (χ1) is 6.70. The van der Waals surface area contributed by atoms with E-state index in [0.29, 0.717) is 0 Å². The molecule has 0 aliphatic carbocycles. The first-order valence-corrected chi connectivity index (χ1v) is 3.54. The summed E-state index contributed by atoms with van der Waals surface area (Å²) in [6.45, 7) is 0. The molecule has 4 heteroatoms. The molecule has 0 amide bonds. The zero-order valence-electron chi connectivity index (χ0n) is 7.79. The van der Waals surface area contributed by atoms with Crippen molar-refractivity contribution < 1.29 is 19.1 Å². The molecule has 0 aliphatic heterocycles. The number of esters is 2. The average molecular weight is 192 g/mol. The van der Waals surface area contributed by atoms with Crippen LogP contribution in [0.25, 0.3) is 0 Å². The quantitative estimate of drug-likeness (QED) is 0.305. The summed E-state index contributed by atoms with van der Waals surface area (Å²) in [5.74, 6) is 7.78. The minimum atomic E-state index is -0.629. The van der Waals surface area contributed by atoms with Gasteiger partial charge in [0, 0.05) is 11.8 Å². The van der Waals surface area contributed by atoms with Crippen LogP contribution >= 0.6 is 0 Å². The van der Waals surface area contributed by atoms with Gasteiger partial charge in [-0.25, -0.2) is 9.59 Å². The average Bonchev–Trinajstić information content (AvgIpc) is 2.22. The van der Waals surface area contributed by atoms with E-state index in [4.69, 9.17) is 0 Å². The second-order valence-corrected chi connectivity index (χ2v) is 1.86. The van der Waals surface area contributed by atoms with Crippen molar-refractivity contribution in [3.05, 3.63) is 12.2 Å². The van der Waals surface area contributed by atoms with E-state index in [-0.39, 0.29) is 0 Å². The Hall–Kier alpha value is -2.20. The summed E-state index contributed by atoms with van der Waals surface area (Å²) in [6, 6.07) is 0. The predicted octanol–water partition coefficient (Wildman–Crippen LogP) is -0.105. The fourth-order valence-corrected chi connectivity index (χ4v) is 0.387. The van der Waals surface area contributed by atoms with E-state index in [1.807, 2.05) is 0 Å². The van der Waals surface area contributed by atoms with Gasteiger partial charge in [-0.3, -0.25) is 0 Å². The molecule has 0 saturated heterocycles. The highest BCUT2D eigenvalue weighted by Gasteiger charge is 1.86. The van der Waals surface area contributed by atoms with Crippen LogP contribution < -0.4 is 0 Å². The van der Waals surface area contributed by atoms with Gasteiger partial charge in [0.05, 0.1) is 14.2 Å². The smallest absolute Gasteiger partial charge is 0.384 e. The number of carbonyl (C=O) groups is 2. The zero-order chi connectivity index (χ0) is 10.8. The Balaban J connectivity index is 4.04. The molecule has 0 aromatic rings. The number of hydrogen-bond acceptors (Lipinski definition) is 4. The standard InChI is InChI=1S/C10H8O4/c1-13-9(11)7-5-3-4-6-8-10(12)14-2/h3-4H,1-2H3/b4-3+. The molecule has 4 nitrogen and oxygen atoms in total. The molecule has 0 aromatic carbocycles. The molecular weight excluding hydrogens is 184 g/mol. The molecule has 0 atom stereocenters. The summed E-state index contributed by atoms with van der Waals surface area (Å²) in [5.41, 5.74) is 0. The molecular formula is C10H8O4. The molecule has 0 N–H and O–H groups in total. The van der Waals surface area contributed by atoms with Crippen molar-refractivity contribution in [3.63, 3.8) is 0 Å². The van der Waals surface area contributed by atoms with Crippen molar-refractivity contribution in [2.75, 3.05) is 14.2 Å². The van der Waals surface area contributed by atoms with Crippen LogP contribution in [0.2, 0.25) is 0 Å². The first kappa shape index (κ1) is 11.8. The van der Waals surface area contributed by atoms with Crippen molar-refractivity contribution in [3.8, 4) is 23.7 Å². The maximum atomic E-state index is 10.5. The molecule has 0 rings (SSSR count). The van der Waals surface area contributed by atoms with E-state index in [0.717, 1.165) is 0 Å². The van der Waals surface area contributed by atoms with Crippen molar-refractivity contribution in [2.24, 2.45) is 0 Å². The normalized spacial score (nSPS) is 7.86. The Morgan fingerprint density at radius 3 is 1.57 bits per heavy atom. The van der Waals surface area contributed by atoms with Crippen LogP contribution in [0.5, 0.6) is 0 Å². The number of hydrogen-bond donors (Lipinski definition) is 0. The zero-order valence-corrected chi connectivity index (χ0v) is 7.79. The summed E-state index contributed by atoms with van der Waals surface area (Å²) in [4.78, 5) is 20.9. The van der Waals surface area contributed by atoms with E-state index < -0.39 is 11.9 Å². The van der Waals surface area contributed by atoms with E-state index in [2.05, 4.69) is 33.2 Å². The van der Waals surface area contributed by atoms with Gasteiger partial charge in [0.1, 0.15) is 0 Å². The van der Waals surface area contributed by atoms with Crippen molar-refractivity contribution in [2.45, 2.75) is 0 Å². The summed E-state index contributed by atoms with van der Waals surface area (Å²) >= 11 is 0. The highest BCUT2D eigenvalue weighted by Crippen LogP contribution is 1.72. The van der Waals surface area contributed by atoms with Gasteiger partial charge < -0.3 is 9.47 Å². The number of rotatable bonds is 0. The van der Waals surface area contributed by atoms with Gasteiger partial charge in [0.25, 0.3) is 0 Å². The van der Waals surface area contributed by atoms with Gasteiger partial charge in [-0.05, 0) is 12.2 Å². The van der Waals surface area contributed by atoms with Gasteiger partial charge in [-0.2, -0.15) is 0 Å². The number of methoxy groups -OCH3 is 2. The molecule has 0 saturated carbocycles. The van der Waals surface area contributed by atoms with Crippen LogP contribution in [0.15, 0.2) is 12.2 Å². The number of ether oxygens (including phenoxy) is 2. The fraction of sp³-hybridized carbons (Fsp3) is 0.200. The summed E-state index contributed by atoms with van der Waals surface area (Å²) in [6.07, 6.45) is 2.65. The monoisotopic (exact) mass is 192 g/mol. The maximum Gasteiger partial charge on any atom is 0.384 e. The lowest BCUT2D eigenvalue weighted by molar-refractivity contribution is -0.134. The molecule has 0 radical (unpaired) electrons. The molecule has 0 heterocycles. The molecule has 0 spiro atoms. The third-order valence-electron chi connectivity index (χ3n) is 0.969. The Morgan fingerprint density at radius 1 is 0.929 bits per heavy atom. The van der Waals surface area contributed by atoms with Crippen LogP contribution in [0, 0.1) is 23.7 Å². The Kier molecular flexibility index (Phi) is 6.28. The minimum Gasteiger partial charge on any atom is -0.459 e. The third-order valence-corrected chi connectivity index (χ3v) is 0.969. The largest absolute Gasteiger partial charge is 0.459 e. The van der Waals surface area contributed by atoms with Gasteiger partial charge in [0.2, 0.25) is 0 Å². The second kappa shape index (κ2) is 7.45. The number of allylic oxidation sites excluding steroid dienone is 2. The van der Waals surface area contributed by atoms with E-state index in [9.17, 15) is 9.59 Å². The van der Waals surface area contributed by atoms with Crippen LogP contribution in [0.1, 0.15) is 0 Å². The Labute approximate surface area is 81.9 Å². The van der Waals surface area contributed by atoms with Crippen molar-refractivity contribution in [1.82, 2.24) is 0 Å². The van der Waals surface area contributed by atoms with Crippen LogP contribution in [0.4, 0.5) is 0 Å². The van der Waals surface area contributed by atoms with Crippen LogP contribution in [0.3, 0.4) is 0 Å². The highest BCUT2D eigenvalue weighted by molar-refractivity contribution is 5.89. The van der Waals surface area contributed by atoms with Gasteiger partial charge >= 0.3 is 11.9 Å². The third kappa shape index (κ3) is 6.51. The lowest BCUT2D eigenvalue weighted by Crippen LogP contribution is -1.93. The summed E-state index contributed by atoms with van der Waals surface area (Å²) < 4.78 is 8.51. The van der Waals surface area contributed by atoms with Crippen LogP contribution in [-0.4, -0.2) is 26.2 Å². The van der Waals surface area contributed by atoms with Crippen molar-refractivity contribution >= 4 is 11.9 Å². The van der Waals surface area contributed by atoms with Crippen LogP contribution in [-0.2, 0) is 19.1 Å². The lowest BCUT2D eigenvalue weighted by atomic mass is 10.4. The molecule has 14 heavy (non-hydrogen) atoms. The molecule has 0 aromatic heterocycles. The summed E-state index contributed by atoms with van der Waals surface area (Å²) in [7, 11) is 2.47. The first-order valence-electron chi connectivity index (χ1n) is 3.54. The Morgan fingerprint density at radius 2 is 1.29 bits per heavy atom. The summed E-state index contributed by atoms with van der Waals surface area (Å²) in [5, 5.41) is 0. The number of carbonyl (C=O) groups excluding carboxylic acids is 2. The molecule has 0 aliphatic rings. The molecule has 0 bridgehead atoms. The van der Waals surface area contributed by atoms with E-state index in [1.54, 1.807) is 0 Å². The van der Waals surface area contributed by atoms with Crippen molar-refractivity contribution in [1.29, 1.82) is 0 Å². The SMILES string of the molecule is COC(=O)C#C/C=C/C#CC(=O)OC. The molecule has 0 fully saturated rings. The van der Waals surface area contributed by atoms with E-state index in [1.165, 1.54) is 26.4 Å². The van der Waals surface area contributed by atoms with Gasteiger partial charge in [-0.1, -0.05) is 11.8 Å². The second-order valence-electron chi connectivity index (χ2n) is 1.86. The fourth-order valence-electron chi connectivity index (χ4n) is 0.387. The maximum absolute atomic E-state index is 10.5. The topological polar surface area (TPSA) is 52.6 Å². The van der Waals surface area contributed by atoms with Gasteiger partial charge in [0.15, 0.2) is 0 Å². The van der Waals surface area contributed by atoms with E-state index >= 15 is 0 Å². The molecule has 0 unspecified atom stereocenters. The minimum absolute atomic E-state index is 0.629. The lowest BCUT2D eigenvalue weighted by Gasteiger charge is -1.82. The Bertz CT molecular complexity index is 321.